The smallest absolute Gasteiger partial charge is 0.227 e. The number of carbonyl (C=O) groups is 1. The van der Waals surface area contributed by atoms with E-state index in [1.165, 1.54) is 5.56 Å². The number of hydrogen-bond donors (Lipinski definition) is 1. The maximum atomic E-state index is 12.6. The van der Waals surface area contributed by atoms with Gasteiger partial charge < -0.3 is 15.4 Å². The van der Waals surface area contributed by atoms with E-state index in [-0.39, 0.29) is 17.6 Å². The zero-order valence-corrected chi connectivity index (χ0v) is 13.5. The van der Waals surface area contributed by atoms with Crippen LogP contribution in [0.2, 0.25) is 0 Å². The minimum Gasteiger partial charge on any atom is -0.367 e. The molecule has 1 heterocycles. The summed E-state index contributed by atoms with van der Waals surface area (Å²) in [6.07, 6.45) is 0.372. The number of hydrogen-bond acceptors (Lipinski definition) is 3. The molecule has 0 aromatic heterocycles. The van der Waals surface area contributed by atoms with Crippen molar-refractivity contribution in [2.45, 2.75) is 45.8 Å². The summed E-state index contributed by atoms with van der Waals surface area (Å²) < 4.78 is 5.88. The van der Waals surface area contributed by atoms with Crippen LogP contribution >= 0.6 is 0 Å². The van der Waals surface area contributed by atoms with Crippen LogP contribution in [0.15, 0.2) is 18.2 Å². The van der Waals surface area contributed by atoms with Gasteiger partial charge >= 0.3 is 0 Å². The molecule has 0 saturated carbocycles. The second-order valence-electron chi connectivity index (χ2n) is 6.62. The van der Waals surface area contributed by atoms with E-state index in [2.05, 4.69) is 25.1 Å². The van der Waals surface area contributed by atoms with Gasteiger partial charge in [-0.1, -0.05) is 23.8 Å². The SMILES string of the molecule is Cc1ccc(C)c(CC(=O)N2CC(CN)OC(C)(C)C2)c1. The van der Waals surface area contributed by atoms with Gasteiger partial charge in [-0.3, -0.25) is 4.79 Å². The molecule has 1 amide bonds. The molecule has 4 heteroatoms. The summed E-state index contributed by atoms with van der Waals surface area (Å²) in [6, 6.07) is 6.24. The maximum Gasteiger partial charge on any atom is 0.227 e. The first kappa shape index (κ1) is 16.0. The number of morpholine rings is 1. The van der Waals surface area contributed by atoms with E-state index in [9.17, 15) is 4.79 Å². The predicted octanol–water partition coefficient (Wildman–Crippen LogP) is 1.81. The Labute approximate surface area is 127 Å². The summed E-state index contributed by atoms with van der Waals surface area (Å²) in [6.45, 7) is 9.76. The van der Waals surface area contributed by atoms with Crippen molar-refractivity contribution in [3.05, 3.63) is 34.9 Å². The third kappa shape index (κ3) is 4.05. The van der Waals surface area contributed by atoms with Gasteiger partial charge in [-0.2, -0.15) is 0 Å². The van der Waals surface area contributed by atoms with Crippen molar-refractivity contribution >= 4 is 5.91 Å². The van der Waals surface area contributed by atoms with Gasteiger partial charge in [0.05, 0.1) is 18.1 Å². The van der Waals surface area contributed by atoms with E-state index in [1.54, 1.807) is 0 Å². The highest BCUT2D eigenvalue weighted by Gasteiger charge is 2.34. The third-order valence-corrected chi connectivity index (χ3v) is 3.94. The van der Waals surface area contributed by atoms with Crippen molar-refractivity contribution in [1.29, 1.82) is 0 Å². The lowest BCUT2D eigenvalue weighted by molar-refractivity contribution is -0.158. The van der Waals surface area contributed by atoms with E-state index < -0.39 is 0 Å². The number of aryl methyl sites for hydroxylation is 2. The first-order valence-electron chi connectivity index (χ1n) is 7.52. The van der Waals surface area contributed by atoms with Crippen molar-refractivity contribution in [1.82, 2.24) is 4.90 Å². The van der Waals surface area contributed by atoms with Crippen LogP contribution in [0.25, 0.3) is 0 Å². The molecule has 0 aliphatic carbocycles. The van der Waals surface area contributed by atoms with E-state index in [0.717, 1.165) is 11.1 Å². The lowest BCUT2D eigenvalue weighted by atomic mass is 10.0. The predicted molar refractivity (Wildman–Crippen MR) is 84.2 cm³/mol. The van der Waals surface area contributed by atoms with Gasteiger partial charge in [-0.25, -0.2) is 0 Å². The molecule has 1 fully saturated rings. The highest BCUT2D eigenvalue weighted by atomic mass is 16.5. The van der Waals surface area contributed by atoms with Gasteiger partial charge in [0.15, 0.2) is 0 Å². The lowest BCUT2D eigenvalue weighted by Gasteiger charge is -2.42. The van der Waals surface area contributed by atoms with Crippen LogP contribution in [0.4, 0.5) is 0 Å². The number of amides is 1. The number of nitrogens with zero attached hydrogens (tertiary/aromatic N) is 1. The molecule has 1 aliphatic rings. The summed E-state index contributed by atoms with van der Waals surface area (Å²) in [5.74, 6) is 0.151. The van der Waals surface area contributed by atoms with Crippen molar-refractivity contribution in [3.8, 4) is 0 Å². The van der Waals surface area contributed by atoms with Crippen LogP contribution in [0.1, 0.15) is 30.5 Å². The first-order valence-corrected chi connectivity index (χ1v) is 7.52. The van der Waals surface area contributed by atoms with Crippen LogP contribution in [0, 0.1) is 13.8 Å². The second-order valence-corrected chi connectivity index (χ2v) is 6.62. The quantitative estimate of drug-likeness (QED) is 0.923. The minimum absolute atomic E-state index is 0.0729. The van der Waals surface area contributed by atoms with Crippen LogP contribution in [-0.4, -0.2) is 42.1 Å². The number of rotatable bonds is 3. The summed E-state index contributed by atoms with van der Waals surface area (Å²) in [5, 5.41) is 0. The van der Waals surface area contributed by atoms with Gasteiger partial charge in [0, 0.05) is 19.6 Å². The molecule has 0 bridgehead atoms. The Morgan fingerprint density at radius 2 is 2.14 bits per heavy atom. The Bertz CT molecular complexity index is 526. The van der Waals surface area contributed by atoms with Crippen molar-refractivity contribution < 1.29 is 9.53 Å². The monoisotopic (exact) mass is 290 g/mol. The van der Waals surface area contributed by atoms with Crippen molar-refractivity contribution in [3.63, 3.8) is 0 Å². The average molecular weight is 290 g/mol. The van der Waals surface area contributed by atoms with Crippen LogP contribution < -0.4 is 5.73 Å². The van der Waals surface area contributed by atoms with Gasteiger partial charge in [0.1, 0.15) is 0 Å². The molecular weight excluding hydrogens is 264 g/mol. The van der Waals surface area contributed by atoms with Crippen molar-refractivity contribution in [2.24, 2.45) is 5.73 Å². The molecule has 1 aromatic carbocycles. The normalized spacial score (nSPS) is 21.4. The Morgan fingerprint density at radius 1 is 1.43 bits per heavy atom. The molecule has 4 nitrogen and oxygen atoms in total. The Balaban J connectivity index is 2.10. The van der Waals surface area contributed by atoms with Crippen molar-refractivity contribution in [2.75, 3.05) is 19.6 Å². The first-order chi connectivity index (χ1) is 9.80. The Hall–Kier alpha value is -1.39. The molecule has 1 aliphatic heterocycles. The molecule has 2 N–H and O–H groups in total. The molecule has 116 valence electrons. The fraction of sp³-hybridized carbons (Fsp3) is 0.588. The molecule has 1 saturated heterocycles. The molecule has 1 atom stereocenters. The molecule has 1 aromatic rings. The van der Waals surface area contributed by atoms with Gasteiger partial charge in [-0.05, 0) is 38.8 Å². The summed E-state index contributed by atoms with van der Waals surface area (Å²) in [7, 11) is 0. The second kappa shape index (κ2) is 6.16. The van der Waals surface area contributed by atoms with Gasteiger partial charge in [0.2, 0.25) is 5.91 Å². The van der Waals surface area contributed by atoms with E-state index in [0.29, 0.717) is 26.1 Å². The minimum atomic E-state index is -0.334. The van der Waals surface area contributed by atoms with Crippen LogP contribution in [-0.2, 0) is 16.0 Å². The molecular formula is C17H26N2O2. The largest absolute Gasteiger partial charge is 0.367 e. The highest BCUT2D eigenvalue weighted by Crippen LogP contribution is 2.22. The highest BCUT2D eigenvalue weighted by molar-refractivity contribution is 5.79. The molecule has 21 heavy (non-hydrogen) atoms. The summed E-state index contributed by atoms with van der Waals surface area (Å²) in [4.78, 5) is 14.5. The number of benzene rings is 1. The van der Waals surface area contributed by atoms with Crippen LogP contribution in [0.5, 0.6) is 0 Å². The van der Waals surface area contributed by atoms with Gasteiger partial charge in [0.25, 0.3) is 0 Å². The van der Waals surface area contributed by atoms with Gasteiger partial charge in [-0.15, -0.1) is 0 Å². The third-order valence-electron chi connectivity index (χ3n) is 3.94. The van der Waals surface area contributed by atoms with E-state index in [1.807, 2.05) is 25.7 Å². The Kier molecular flexibility index (Phi) is 4.69. The summed E-state index contributed by atoms with van der Waals surface area (Å²) in [5.41, 5.74) is 8.84. The van der Waals surface area contributed by atoms with E-state index >= 15 is 0 Å². The zero-order valence-electron chi connectivity index (χ0n) is 13.5. The lowest BCUT2D eigenvalue weighted by Crippen LogP contribution is -2.56. The molecule has 0 spiro atoms. The van der Waals surface area contributed by atoms with Crippen LogP contribution in [0.3, 0.4) is 0 Å². The molecule has 0 radical (unpaired) electrons. The number of nitrogens with two attached hydrogens (primary N) is 1. The maximum absolute atomic E-state index is 12.6. The molecule has 1 unspecified atom stereocenters. The number of carbonyl (C=O) groups excluding carboxylic acids is 1. The number of ether oxygens (including phenoxy) is 1. The van der Waals surface area contributed by atoms with E-state index in [4.69, 9.17) is 10.5 Å². The average Bonchev–Trinajstić information content (AvgIpc) is 2.41. The molecule has 2 rings (SSSR count). The fourth-order valence-electron chi connectivity index (χ4n) is 2.87. The Morgan fingerprint density at radius 3 is 2.81 bits per heavy atom. The topological polar surface area (TPSA) is 55.6 Å². The fourth-order valence-corrected chi connectivity index (χ4v) is 2.87. The zero-order chi connectivity index (χ0) is 15.6. The summed E-state index contributed by atoms with van der Waals surface area (Å²) >= 11 is 0. The standard InChI is InChI=1S/C17H26N2O2/c1-12-5-6-13(2)14(7-12)8-16(20)19-10-15(9-18)21-17(3,4)11-19/h5-7,15H,8-11,18H2,1-4H3.